The molecule has 20 heavy (non-hydrogen) atoms. The molecule has 2 aromatic rings. The Labute approximate surface area is 119 Å². The SMILES string of the molecule is CCCNCc1occc1-c1cc(OC)cc(OC)c1. The second kappa shape index (κ2) is 7.01. The first-order chi connectivity index (χ1) is 9.78. The summed E-state index contributed by atoms with van der Waals surface area (Å²) in [6.07, 6.45) is 2.81. The molecule has 0 unspecified atom stereocenters. The molecule has 1 aromatic carbocycles. The normalized spacial score (nSPS) is 10.6. The maximum Gasteiger partial charge on any atom is 0.125 e. The van der Waals surface area contributed by atoms with Crippen LogP contribution in [-0.2, 0) is 6.54 Å². The first-order valence-electron chi connectivity index (χ1n) is 6.79. The number of nitrogens with one attached hydrogen (secondary N) is 1. The second-order valence-electron chi connectivity index (χ2n) is 4.54. The van der Waals surface area contributed by atoms with Crippen LogP contribution in [0.4, 0.5) is 0 Å². The molecule has 0 atom stereocenters. The second-order valence-corrected chi connectivity index (χ2v) is 4.54. The summed E-state index contributed by atoms with van der Waals surface area (Å²) >= 11 is 0. The van der Waals surface area contributed by atoms with Crippen LogP contribution in [0, 0.1) is 0 Å². The molecule has 108 valence electrons. The van der Waals surface area contributed by atoms with Crippen LogP contribution in [-0.4, -0.2) is 20.8 Å². The number of rotatable bonds is 7. The molecule has 2 rings (SSSR count). The molecular weight excluding hydrogens is 254 g/mol. The molecule has 0 radical (unpaired) electrons. The molecule has 1 heterocycles. The van der Waals surface area contributed by atoms with Gasteiger partial charge in [-0.05, 0) is 36.7 Å². The van der Waals surface area contributed by atoms with Crippen molar-refractivity contribution in [2.75, 3.05) is 20.8 Å². The smallest absolute Gasteiger partial charge is 0.125 e. The van der Waals surface area contributed by atoms with E-state index in [9.17, 15) is 0 Å². The highest BCUT2D eigenvalue weighted by atomic mass is 16.5. The van der Waals surface area contributed by atoms with Gasteiger partial charge in [-0.1, -0.05) is 6.92 Å². The highest BCUT2D eigenvalue weighted by Crippen LogP contribution is 2.32. The predicted molar refractivity (Wildman–Crippen MR) is 79.2 cm³/mol. The molecule has 0 aliphatic rings. The number of hydrogen-bond donors (Lipinski definition) is 1. The molecular formula is C16H21NO3. The van der Waals surface area contributed by atoms with Gasteiger partial charge in [-0.15, -0.1) is 0 Å². The van der Waals surface area contributed by atoms with E-state index in [1.54, 1.807) is 20.5 Å². The van der Waals surface area contributed by atoms with E-state index in [1.165, 1.54) is 0 Å². The topological polar surface area (TPSA) is 43.6 Å². The summed E-state index contributed by atoms with van der Waals surface area (Å²) in [6.45, 7) is 3.83. The highest BCUT2D eigenvalue weighted by molar-refractivity contribution is 5.69. The fourth-order valence-corrected chi connectivity index (χ4v) is 2.08. The molecule has 0 saturated carbocycles. The van der Waals surface area contributed by atoms with E-state index in [0.717, 1.165) is 47.9 Å². The molecule has 0 spiro atoms. The maximum atomic E-state index is 5.57. The van der Waals surface area contributed by atoms with Gasteiger partial charge in [0.1, 0.15) is 17.3 Å². The van der Waals surface area contributed by atoms with Gasteiger partial charge < -0.3 is 19.2 Å². The van der Waals surface area contributed by atoms with Crippen molar-refractivity contribution in [2.24, 2.45) is 0 Å². The Hall–Kier alpha value is -1.94. The van der Waals surface area contributed by atoms with E-state index in [1.807, 2.05) is 24.3 Å². The Morgan fingerprint density at radius 2 is 1.80 bits per heavy atom. The summed E-state index contributed by atoms with van der Waals surface area (Å²) in [5, 5.41) is 3.35. The zero-order valence-corrected chi connectivity index (χ0v) is 12.2. The van der Waals surface area contributed by atoms with Crippen LogP contribution in [0.5, 0.6) is 11.5 Å². The molecule has 1 aromatic heterocycles. The van der Waals surface area contributed by atoms with Crippen molar-refractivity contribution in [3.8, 4) is 22.6 Å². The van der Waals surface area contributed by atoms with Crippen molar-refractivity contribution in [1.82, 2.24) is 5.32 Å². The minimum atomic E-state index is 0.718. The van der Waals surface area contributed by atoms with Crippen LogP contribution in [0.25, 0.3) is 11.1 Å². The van der Waals surface area contributed by atoms with E-state index < -0.39 is 0 Å². The van der Waals surface area contributed by atoms with Gasteiger partial charge in [0.05, 0.1) is 27.0 Å². The zero-order valence-electron chi connectivity index (χ0n) is 12.2. The number of benzene rings is 1. The lowest BCUT2D eigenvalue weighted by Crippen LogP contribution is -2.13. The van der Waals surface area contributed by atoms with Crippen molar-refractivity contribution >= 4 is 0 Å². The van der Waals surface area contributed by atoms with Gasteiger partial charge in [0.2, 0.25) is 0 Å². The third-order valence-corrected chi connectivity index (χ3v) is 3.12. The Morgan fingerprint density at radius 3 is 2.40 bits per heavy atom. The number of hydrogen-bond acceptors (Lipinski definition) is 4. The van der Waals surface area contributed by atoms with Crippen LogP contribution in [0.3, 0.4) is 0 Å². The molecule has 4 nitrogen and oxygen atoms in total. The van der Waals surface area contributed by atoms with Crippen molar-refractivity contribution < 1.29 is 13.9 Å². The molecule has 0 aliphatic carbocycles. The van der Waals surface area contributed by atoms with Gasteiger partial charge in [0.15, 0.2) is 0 Å². The van der Waals surface area contributed by atoms with E-state index >= 15 is 0 Å². The van der Waals surface area contributed by atoms with Crippen LogP contribution >= 0.6 is 0 Å². The number of methoxy groups -OCH3 is 2. The lowest BCUT2D eigenvalue weighted by atomic mass is 10.1. The van der Waals surface area contributed by atoms with Crippen LogP contribution < -0.4 is 14.8 Å². The molecule has 0 saturated heterocycles. The third-order valence-electron chi connectivity index (χ3n) is 3.12. The average Bonchev–Trinajstić information content (AvgIpc) is 2.95. The Balaban J connectivity index is 2.29. The first kappa shape index (κ1) is 14.5. The molecule has 0 aliphatic heterocycles. The van der Waals surface area contributed by atoms with Gasteiger partial charge in [-0.2, -0.15) is 0 Å². The quantitative estimate of drug-likeness (QED) is 0.786. The van der Waals surface area contributed by atoms with Crippen LogP contribution in [0.2, 0.25) is 0 Å². The summed E-state index contributed by atoms with van der Waals surface area (Å²) < 4.78 is 16.2. The van der Waals surface area contributed by atoms with E-state index in [0.29, 0.717) is 0 Å². The van der Waals surface area contributed by atoms with Crippen molar-refractivity contribution in [1.29, 1.82) is 0 Å². The van der Waals surface area contributed by atoms with Gasteiger partial charge in [-0.3, -0.25) is 0 Å². The van der Waals surface area contributed by atoms with Gasteiger partial charge >= 0.3 is 0 Å². The number of furan rings is 1. The van der Waals surface area contributed by atoms with Crippen LogP contribution in [0.1, 0.15) is 19.1 Å². The maximum absolute atomic E-state index is 5.57. The largest absolute Gasteiger partial charge is 0.497 e. The zero-order chi connectivity index (χ0) is 14.4. The first-order valence-corrected chi connectivity index (χ1v) is 6.79. The van der Waals surface area contributed by atoms with Gasteiger partial charge in [-0.25, -0.2) is 0 Å². The van der Waals surface area contributed by atoms with Crippen molar-refractivity contribution in [3.05, 3.63) is 36.3 Å². The summed E-state index contributed by atoms with van der Waals surface area (Å²) in [5.74, 6) is 2.47. The summed E-state index contributed by atoms with van der Waals surface area (Å²) in [7, 11) is 3.30. The Morgan fingerprint density at radius 1 is 1.10 bits per heavy atom. The molecule has 0 fully saturated rings. The van der Waals surface area contributed by atoms with Gasteiger partial charge in [0, 0.05) is 11.6 Å². The summed E-state index contributed by atoms with van der Waals surface area (Å²) in [4.78, 5) is 0. The average molecular weight is 275 g/mol. The van der Waals surface area contributed by atoms with E-state index in [4.69, 9.17) is 13.9 Å². The number of ether oxygens (including phenoxy) is 2. The van der Waals surface area contributed by atoms with Crippen LogP contribution in [0.15, 0.2) is 34.9 Å². The lowest BCUT2D eigenvalue weighted by Gasteiger charge is -2.09. The predicted octanol–water partition coefficient (Wildman–Crippen LogP) is 3.46. The minimum absolute atomic E-state index is 0.718. The van der Waals surface area contributed by atoms with E-state index in [-0.39, 0.29) is 0 Å². The molecule has 0 amide bonds. The third kappa shape index (κ3) is 3.33. The summed E-state index contributed by atoms with van der Waals surface area (Å²) in [6, 6.07) is 7.79. The van der Waals surface area contributed by atoms with Gasteiger partial charge in [0.25, 0.3) is 0 Å². The fourth-order valence-electron chi connectivity index (χ4n) is 2.08. The molecule has 0 bridgehead atoms. The molecule has 1 N–H and O–H groups in total. The minimum Gasteiger partial charge on any atom is -0.497 e. The van der Waals surface area contributed by atoms with Crippen molar-refractivity contribution in [2.45, 2.75) is 19.9 Å². The standard InChI is InChI=1S/C16H21NO3/c1-4-6-17-11-16-15(5-7-20-16)12-8-13(18-2)10-14(9-12)19-3/h5,7-10,17H,4,6,11H2,1-3H3. The fraction of sp³-hybridized carbons (Fsp3) is 0.375. The van der Waals surface area contributed by atoms with E-state index in [2.05, 4.69) is 12.2 Å². The highest BCUT2D eigenvalue weighted by Gasteiger charge is 2.11. The lowest BCUT2D eigenvalue weighted by molar-refractivity contribution is 0.394. The monoisotopic (exact) mass is 275 g/mol. The summed E-state index contributed by atoms with van der Waals surface area (Å²) in [5.41, 5.74) is 2.09. The Bertz CT molecular complexity index is 526. The molecule has 4 heteroatoms. The van der Waals surface area contributed by atoms with Crippen molar-refractivity contribution in [3.63, 3.8) is 0 Å². The Kier molecular flexibility index (Phi) is 5.07.